The molecule has 3 amide bonds. The summed E-state index contributed by atoms with van der Waals surface area (Å²) < 4.78 is 0. The molecule has 0 saturated carbocycles. The second-order valence-corrected chi connectivity index (χ2v) is 14.0. The lowest BCUT2D eigenvalue weighted by molar-refractivity contribution is -0.146. The molecule has 7 rings (SSSR count). The Morgan fingerprint density at radius 3 is 2.47 bits per heavy atom. The predicted octanol–water partition coefficient (Wildman–Crippen LogP) is 4.45. The number of piperidine rings is 1. The molecule has 1 atom stereocenters. The van der Waals surface area contributed by atoms with Gasteiger partial charge >= 0.3 is 0 Å². The van der Waals surface area contributed by atoms with Crippen LogP contribution in [0.15, 0.2) is 85.3 Å². The minimum atomic E-state index is -0.679. The van der Waals surface area contributed by atoms with Gasteiger partial charge < -0.3 is 20.9 Å². The molecule has 1 saturated heterocycles. The highest BCUT2D eigenvalue weighted by Gasteiger charge is 2.51. The molecule has 10 heteroatoms. The van der Waals surface area contributed by atoms with E-state index >= 15 is 0 Å². The van der Waals surface area contributed by atoms with E-state index in [2.05, 4.69) is 36.9 Å². The van der Waals surface area contributed by atoms with Crippen LogP contribution in [0.25, 0.3) is 0 Å². The fourth-order valence-electron chi connectivity index (χ4n) is 7.75. The number of aromatic nitrogens is 2. The summed E-state index contributed by atoms with van der Waals surface area (Å²) in [6.07, 6.45) is 7.87. The topological polar surface area (TPSA) is 120 Å². The molecule has 3 N–H and O–H groups in total. The Hall–Kier alpha value is -4.93. The lowest BCUT2D eigenvalue weighted by Crippen LogP contribution is -2.50. The molecule has 252 valence electrons. The lowest BCUT2D eigenvalue weighted by atomic mass is 9.78. The largest absolute Gasteiger partial charge is 0.329 e. The Morgan fingerprint density at radius 1 is 0.939 bits per heavy atom. The molecule has 1 spiro atoms. The number of benzene rings is 2. The van der Waals surface area contributed by atoms with Crippen LogP contribution < -0.4 is 16.0 Å². The van der Waals surface area contributed by atoms with Crippen molar-refractivity contribution in [2.45, 2.75) is 57.7 Å². The third-order valence-corrected chi connectivity index (χ3v) is 10.6. The number of carbonyl (C=O) groups is 3. The Balaban J connectivity index is 1.07. The zero-order valence-electron chi connectivity index (χ0n) is 28.2. The van der Waals surface area contributed by atoms with Crippen molar-refractivity contribution < 1.29 is 14.4 Å². The van der Waals surface area contributed by atoms with Crippen LogP contribution in [0.5, 0.6) is 0 Å². The van der Waals surface area contributed by atoms with E-state index in [4.69, 9.17) is 0 Å². The van der Waals surface area contributed by atoms with Crippen LogP contribution >= 0.6 is 0 Å². The van der Waals surface area contributed by atoms with E-state index in [9.17, 15) is 14.4 Å². The number of rotatable bonds is 10. The maximum atomic E-state index is 14.4. The van der Waals surface area contributed by atoms with E-state index in [1.54, 1.807) is 11.1 Å². The number of carbonyl (C=O) groups excluding carboxylic acids is 3. The van der Waals surface area contributed by atoms with Gasteiger partial charge in [-0.15, -0.1) is 0 Å². The molecule has 3 aliphatic rings. The minimum absolute atomic E-state index is 0.000822. The molecule has 10 nitrogen and oxygen atoms in total. The zero-order valence-corrected chi connectivity index (χ0v) is 28.2. The van der Waals surface area contributed by atoms with Crippen molar-refractivity contribution in [2.75, 3.05) is 37.3 Å². The Morgan fingerprint density at radius 2 is 1.69 bits per heavy atom. The fourth-order valence-corrected chi connectivity index (χ4v) is 7.75. The van der Waals surface area contributed by atoms with Crippen LogP contribution in [-0.2, 0) is 52.3 Å². The SMILES string of the molecule is CNCc1ccccc1CN(CC(=O)Nc1ccc2c(c1)CC1(C2)C(=O)Nc2ncccc21)C(=O)C1(C)CCN(Cc2ccncc2)CC1. The molecule has 4 heterocycles. The van der Waals surface area contributed by atoms with Crippen LogP contribution in [0, 0.1) is 5.41 Å². The average molecular weight is 658 g/mol. The summed E-state index contributed by atoms with van der Waals surface area (Å²) in [5, 5.41) is 9.25. The monoisotopic (exact) mass is 657 g/mol. The quantitative estimate of drug-likeness (QED) is 0.231. The summed E-state index contributed by atoms with van der Waals surface area (Å²) in [6.45, 7) is 5.42. The molecule has 2 aromatic carbocycles. The normalized spacial score (nSPS) is 19.3. The van der Waals surface area contributed by atoms with E-state index in [1.807, 2.05) is 87.0 Å². The molecule has 49 heavy (non-hydrogen) atoms. The number of likely N-dealkylation sites (tertiary alicyclic amines) is 1. The zero-order chi connectivity index (χ0) is 34.0. The third-order valence-electron chi connectivity index (χ3n) is 10.6. The van der Waals surface area contributed by atoms with Gasteiger partial charge in [-0.2, -0.15) is 0 Å². The number of hydrogen-bond acceptors (Lipinski definition) is 7. The standard InChI is InChI=1S/C39H43N7O3/c1-38(13-18-45(19-14-38)24-27-11-16-41-17-12-27)37(49)46(25-30-7-4-3-6-29(30)23-40-2)26-34(47)43-32-10-9-28-21-39(22-31(28)20-32)33-8-5-15-42-35(33)44-36(39)48/h3-12,15-17,20,40H,13-14,18-19,21-26H2,1-2H3,(H,43,47)(H,42,44,48). The molecule has 1 fully saturated rings. The van der Waals surface area contributed by atoms with Crippen LogP contribution in [0.1, 0.15) is 53.1 Å². The smallest absolute Gasteiger partial charge is 0.244 e. The Bertz CT molecular complexity index is 1870. The van der Waals surface area contributed by atoms with E-state index < -0.39 is 10.8 Å². The fraction of sp³-hybridized carbons (Fsp3) is 0.359. The highest BCUT2D eigenvalue weighted by molar-refractivity contribution is 6.06. The minimum Gasteiger partial charge on any atom is -0.329 e. The molecule has 2 aliphatic heterocycles. The van der Waals surface area contributed by atoms with Gasteiger partial charge in [0.2, 0.25) is 17.7 Å². The summed E-state index contributed by atoms with van der Waals surface area (Å²) in [7, 11) is 1.90. The van der Waals surface area contributed by atoms with Crippen LogP contribution in [-0.4, -0.2) is 64.2 Å². The number of anilines is 2. The third kappa shape index (κ3) is 6.58. The lowest BCUT2D eigenvalue weighted by Gasteiger charge is -2.41. The molecular weight excluding hydrogens is 614 g/mol. The summed E-state index contributed by atoms with van der Waals surface area (Å²) in [6, 6.07) is 21.8. The van der Waals surface area contributed by atoms with Gasteiger partial charge in [0, 0.05) is 54.9 Å². The van der Waals surface area contributed by atoms with E-state index in [1.165, 1.54) is 5.56 Å². The first-order valence-corrected chi connectivity index (χ1v) is 17.1. The molecule has 2 aromatic heterocycles. The van der Waals surface area contributed by atoms with Gasteiger partial charge in [0.25, 0.3) is 0 Å². The molecule has 0 radical (unpaired) electrons. The van der Waals surface area contributed by atoms with Gasteiger partial charge in [-0.25, -0.2) is 4.98 Å². The number of pyridine rings is 2. The summed E-state index contributed by atoms with van der Waals surface area (Å²) >= 11 is 0. The highest BCUT2D eigenvalue weighted by Crippen LogP contribution is 2.47. The molecular formula is C39H43N7O3. The van der Waals surface area contributed by atoms with Crippen molar-refractivity contribution in [3.8, 4) is 0 Å². The van der Waals surface area contributed by atoms with Crippen LogP contribution in [0.4, 0.5) is 11.5 Å². The van der Waals surface area contributed by atoms with Crippen LogP contribution in [0.2, 0.25) is 0 Å². The van der Waals surface area contributed by atoms with Gasteiger partial charge in [-0.3, -0.25) is 24.3 Å². The van der Waals surface area contributed by atoms with Gasteiger partial charge in [0.15, 0.2) is 0 Å². The van der Waals surface area contributed by atoms with Crippen molar-refractivity contribution in [1.82, 2.24) is 25.1 Å². The van der Waals surface area contributed by atoms with Crippen molar-refractivity contribution in [3.63, 3.8) is 0 Å². The molecule has 1 unspecified atom stereocenters. The average Bonchev–Trinajstić information content (AvgIpc) is 3.62. The maximum Gasteiger partial charge on any atom is 0.244 e. The molecule has 4 aromatic rings. The van der Waals surface area contributed by atoms with E-state index in [0.717, 1.165) is 47.5 Å². The molecule has 1 aliphatic carbocycles. The second kappa shape index (κ2) is 13.5. The summed E-state index contributed by atoms with van der Waals surface area (Å²) in [5.74, 6) is 0.343. The van der Waals surface area contributed by atoms with Crippen molar-refractivity contribution in [2.24, 2.45) is 5.41 Å². The van der Waals surface area contributed by atoms with Gasteiger partial charge in [-0.05, 0) is 104 Å². The number of hydrogen-bond donors (Lipinski definition) is 3. The Labute approximate surface area is 287 Å². The van der Waals surface area contributed by atoms with Gasteiger partial charge in [0.05, 0.1) is 5.41 Å². The van der Waals surface area contributed by atoms with Crippen molar-refractivity contribution in [3.05, 3.63) is 119 Å². The predicted molar refractivity (Wildman–Crippen MR) is 189 cm³/mol. The number of nitrogens with one attached hydrogen (secondary N) is 3. The highest BCUT2D eigenvalue weighted by atomic mass is 16.2. The number of fused-ring (bicyclic) bond motifs is 3. The van der Waals surface area contributed by atoms with Gasteiger partial charge in [-0.1, -0.05) is 43.3 Å². The summed E-state index contributed by atoms with van der Waals surface area (Å²) in [4.78, 5) is 53.9. The van der Waals surface area contributed by atoms with Crippen molar-refractivity contribution in [1.29, 1.82) is 0 Å². The van der Waals surface area contributed by atoms with Crippen molar-refractivity contribution >= 4 is 29.2 Å². The Kier molecular flexibility index (Phi) is 9.00. The number of nitrogens with zero attached hydrogens (tertiary/aromatic N) is 4. The maximum absolute atomic E-state index is 14.4. The molecule has 0 bridgehead atoms. The first kappa shape index (κ1) is 32.6. The van der Waals surface area contributed by atoms with Crippen LogP contribution in [0.3, 0.4) is 0 Å². The number of amides is 3. The first-order valence-electron chi connectivity index (χ1n) is 17.1. The van der Waals surface area contributed by atoms with Gasteiger partial charge in [0.1, 0.15) is 12.4 Å². The summed E-state index contributed by atoms with van der Waals surface area (Å²) in [5.41, 5.74) is 5.76. The first-order chi connectivity index (χ1) is 23.8. The second-order valence-electron chi connectivity index (χ2n) is 14.0. The van der Waals surface area contributed by atoms with E-state index in [0.29, 0.717) is 50.3 Å². The van der Waals surface area contributed by atoms with E-state index in [-0.39, 0.29) is 24.3 Å².